The minimum absolute atomic E-state index is 0.206. The highest BCUT2D eigenvalue weighted by atomic mass is 35.5. The molecule has 0 saturated heterocycles. The van der Waals surface area contributed by atoms with Gasteiger partial charge < -0.3 is 10.1 Å². The van der Waals surface area contributed by atoms with Gasteiger partial charge in [0.25, 0.3) is 5.91 Å². The molecule has 8 heteroatoms. The van der Waals surface area contributed by atoms with E-state index in [1.165, 1.54) is 0 Å². The molecule has 0 aliphatic carbocycles. The number of amides is 1. The average Bonchev–Trinajstić information content (AvgIpc) is 3.12. The maximum absolute atomic E-state index is 12.6. The van der Waals surface area contributed by atoms with Crippen LogP contribution in [0.25, 0.3) is 11.3 Å². The van der Waals surface area contributed by atoms with Crippen LogP contribution >= 0.6 is 46.4 Å². The number of rotatable bonds is 2. The summed E-state index contributed by atoms with van der Waals surface area (Å²) in [6.45, 7) is 0. The van der Waals surface area contributed by atoms with E-state index in [9.17, 15) is 9.90 Å². The van der Waals surface area contributed by atoms with Gasteiger partial charge in [0.05, 0.1) is 42.6 Å². The lowest BCUT2D eigenvalue weighted by molar-refractivity contribution is 0.101. The summed E-state index contributed by atoms with van der Waals surface area (Å²) in [5, 5.41) is 11.6. The summed E-state index contributed by atoms with van der Waals surface area (Å²) in [6, 6.07) is 10.0. The zero-order chi connectivity index (χ0) is 18.6. The lowest BCUT2D eigenvalue weighted by atomic mass is 10.00. The molecule has 0 spiro atoms. The highest BCUT2D eigenvalue weighted by Crippen LogP contribution is 2.42. The van der Waals surface area contributed by atoms with Gasteiger partial charge in [0.2, 0.25) is 0 Å². The fraction of sp³-hybridized carbons (Fsp3) is 0. The van der Waals surface area contributed by atoms with Gasteiger partial charge in [-0.2, -0.15) is 0 Å². The maximum Gasteiger partial charge on any atom is 0.280 e. The van der Waals surface area contributed by atoms with Crippen molar-refractivity contribution in [3.8, 4) is 17.1 Å². The molecule has 2 heterocycles. The van der Waals surface area contributed by atoms with E-state index in [2.05, 4.69) is 9.98 Å². The quantitative estimate of drug-likeness (QED) is 0.529. The fourth-order valence-electron chi connectivity index (χ4n) is 2.93. The van der Waals surface area contributed by atoms with E-state index < -0.39 is 5.91 Å². The highest BCUT2D eigenvalue weighted by Gasteiger charge is 2.35. The number of carbonyl (C=O) groups is 1. The number of aromatic amines is 1. The Morgan fingerprint density at radius 2 is 1.42 bits per heavy atom. The van der Waals surface area contributed by atoms with Crippen molar-refractivity contribution in [2.45, 2.75) is 0 Å². The Bertz CT molecular complexity index is 1120. The Morgan fingerprint density at radius 3 is 2.08 bits per heavy atom. The van der Waals surface area contributed by atoms with Crippen LogP contribution < -0.4 is 0 Å². The molecule has 0 saturated carbocycles. The third-order valence-electron chi connectivity index (χ3n) is 4.07. The van der Waals surface area contributed by atoms with Crippen LogP contribution in [0.3, 0.4) is 0 Å². The van der Waals surface area contributed by atoms with Crippen molar-refractivity contribution in [2.75, 3.05) is 0 Å². The van der Waals surface area contributed by atoms with E-state index in [1.54, 1.807) is 36.4 Å². The predicted molar refractivity (Wildman–Crippen MR) is 104 cm³/mol. The van der Waals surface area contributed by atoms with E-state index in [0.29, 0.717) is 26.9 Å². The zero-order valence-electron chi connectivity index (χ0n) is 12.8. The number of aromatic hydroxyl groups is 1. The van der Waals surface area contributed by atoms with Gasteiger partial charge >= 0.3 is 0 Å². The first kappa shape index (κ1) is 17.4. The minimum Gasteiger partial charge on any atom is -0.494 e. The van der Waals surface area contributed by atoms with Crippen LogP contribution in [0.15, 0.2) is 41.4 Å². The number of aliphatic imine (C=N–C) groups is 1. The Kier molecular flexibility index (Phi) is 4.24. The monoisotopic (exact) mass is 424 g/mol. The average molecular weight is 426 g/mol. The SMILES string of the molecule is O=C1N=C(c2cccc(Cl)c2Cl)c2c(O)[nH]c(-c3cccc(Cl)c3Cl)c21. The second kappa shape index (κ2) is 6.32. The number of H-pyrrole nitrogens is 1. The molecule has 130 valence electrons. The van der Waals surface area contributed by atoms with Crippen molar-refractivity contribution >= 4 is 58.0 Å². The Hall–Kier alpha value is -1.98. The predicted octanol–water partition coefficient (Wildman–Crippen LogP) is 5.99. The second-order valence-electron chi connectivity index (χ2n) is 5.57. The Balaban J connectivity index is 1.96. The van der Waals surface area contributed by atoms with Crippen molar-refractivity contribution in [2.24, 2.45) is 4.99 Å². The molecule has 0 atom stereocenters. The highest BCUT2D eigenvalue weighted by molar-refractivity contribution is 6.46. The molecule has 0 fully saturated rings. The van der Waals surface area contributed by atoms with Crippen LogP contribution in [0.4, 0.5) is 0 Å². The largest absolute Gasteiger partial charge is 0.494 e. The number of nitrogens with one attached hydrogen (secondary N) is 1. The van der Waals surface area contributed by atoms with Crippen molar-refractivity contribution in [3.63, 3.8) is 0 Å². The lowest BCUT2D eigenvalue weighted by Crippen LogP contribution is -2.01. The van der Waals surface area contributed by atoms with Crippen LogP contribution in [0.2, 0.25) is 20.1 Å². The number of carbonyl (C=O) groups excluding carboxylic acids is 1. The molecule has 1 aliphatic rings. The molecule has 1 amide bonds. The number of fused-ring (bicyclic) bond motifs is 1. The second-order valence-corrected chi connectivity index (χ2v) is 7.14. The summed E-state index contributed by atoms with van der Waals surface area (Å²) in [6.07, 6.45) is 0. The minimum atomic E-state index is -0.520. The van der Waals surface area contributed by atoms with E-state index in [4.69, 9.17) is 46.4 Å². The third-order valence-corrected chi connectivity index (χ3v) is 5.71. The molecule has 4 nitrogen and oxygen atoms in total. The molecule has 1 aliphatic heterocycles. The molecular formula is C18H8Cl4N2O2. The standard InChI is InChI=1S/C18H8Cl4N2O2/c19-9-5-1-3-7(13(9)21)15-11-12(18(26)23-15)16(24-17(11)25)8-4-2-6-10(20)14(8)22/h1-6,23,26H. The van der Waals surface area contributed by atoms with E-state index in [1.807, 2.05) is 0 Å². The van der Waals surface area contributed by atoms with E-state index in [-0.39, 0.29) is 32.8 Å². The van der Waals surface area contributed by atoms with Crippen LogP contribution in [0.1, 0.15) is 21.5 Å². The summed E-state index contributed by atoms with van der Waals surface area (Å²) in [7, 11) is 0. The lowest BCUT2D eigenvalue weighted by Gasteiger charge is -2.05. The summed E-state index contributed by atoms with van der Waals surface area (Å²) in [5.41, 5.74) is 1.98. The molecule has 0 radical (unpaired) electrons. The molecule has 0 bridgehead atoms. The zero-order valence-corrected chi connectivity index (χ0v) is 15.8. The topological polar surface area (TPSA) is 65.4 Å². The van der Waals surface area contributed by atoms with Gasteiger partial charge in [-0.25, -0.2) is 4.99 Å². The van der Waals surface area contributed by atoms with Crippen molar-refractivity contribution in [1.29, 1.82) is 0 Å². The molecule has 2 aromatic carbocycles. The Labute approximate surface area is 168 Å². The van der Waals surface area contributed by atoms with Crippen molar-refractivity contribution < 1.29 is 9.90 Å². The van der Waals surface area contributed by atoms with Crippen molar-refractivity contribution in [3.05, 3.63) is 73.2 Å². The van der Waals surface area contributed by atoms with Gasteiger partial charge in [-0.1, -0.05) is 70.7 Å². The van der Waals surface area contributed by atoms with Gasteiger partial charge in [0, 0.05) is 11.1 Å². The Morgan fingerprint density at radius 1 is 0.846 bits per heavy atom. The van der Waals surface area contributed by atoms with Gasteiger partial charge in [0.15, 0.2) is 5.88 Å². The molecule has 2 N–H and O–H groups in total. The molecule has 3 aromatic rings. The summed E-state index contributed by atoms with van der Waals surface area (Å²) >= 11 is 24.6. The first-order valence-electron chi connectivity index (χ1n) is 7.37. The fourth-order valence-corrected chi connectivity index (χ4v) is 3.71. The molecule has 26 heavy (non-hydrogen) atoms. The number of halogens is 4. The van der Waals surface area contributed by atoms with E-state index in [0.717, 1.165) is 0 Å². The summed E-state index contributed by atoms with van der Waals surface area (Å²) in [5.74, 6) is -0.736. The summed E-state index contributed by atoms with van der Waals surface area (Å²) < 4.78 is 0. The van der Waals surface area contributed by atoms with Crippen molar-refractivity contribution in [1.82, 2.24) is 4.98 Å². The number of nitrogens with zero attached hydrogens (tertiary/aromatic N) is 1. The molecule has 1 aromatic heterocycles. The number of benzene rings is 2. The van der Waals surface area contributed by atoms with Gasteiger partial charge in [0.1, 0.15) is 0 Å². The summed E-state index contributed by atoms with van der Waals surface area (Å²) in [4.78, 5) is 19.4. The van der Waals surface area contributed by atoms with Crippen LogP contribution in [0.5, 0.6) is 5.88 Å². The number of hydrogen-bond donors (Lipinski definition) is 2. The molecule has 4 rings (SSSR count). The first-order chi connectivity index (χ1) is 12.4. The van der Waals surface area contributed by atoms with Gasteiger partial charge in [-0.3, -0.25) is 4.79 Å². The van der Waals surface area contributed by atoms with E-state index >= 15 is 0 Å². The smallest absolute Gasteiger partial charge is 0.280 e. The normalized spacial score (nSPS) is 13.1. The number of hydrogen-bond acceptors (Lipinski definition) is 2. The first-order valence-corrected chi connectivity index (χ1v) is 8.88. The molecular weight excluding hydrogens is 418 g/mol. The maximum atomic E-state index is 12.6. The number of aromatic nitrogens is 1. The van der Waals surface area contributed by atoms with Crippen LogP contribution in [-0.2, 0) is 0 Å². The third kappa shape index (κ3) is 2.53. The van der Waals surface area contributed by atoms with Crippen LogP contribution in [0, 0.1) is 0 Å². The van der Waals surface area contributed by atoms with Gasteiger partial charge in [-0.05, 0) is 12.1 Å². The van der Waals surface area contributed by atoms with Crippen LogP contribution in [-0.4, -0.2) is 21.7 Å². The molecule has 0 unspecified atom stereocenters. The van der Waals surface area contributed by atoms with Gasteiger partial charge in [-0.15, -0.1) is 0 Å².